The number of anilines is 1. The molecule has 0 spiro atoms. The van der Waals surface area contributed by atoms with Crippen molar-refractivity contribution < 1.29 is 67.5 Å². The van der Waals surface area contributed by atoms with Gasteiger partial charge in [-0.2, -0.15) is 0 Å². The number of carbonyl (C=O) groups excluding carboxylic acids is 6. The molecule has 2 fully saturated rings. The van der Waals surface area contributed by atoms with Gasteiger partial charge in [-0.1, -0.05) is 159 Å². The summed E-state index contributed by atoms with van der Waals surface area (Å²) in [5.74, 6) is -4.70. The predicted molar refractivity (Wildman–Crippen MR) is 398 cm³/mol. The van der Waals surface area contributed by atoms with Crippen molar-refractivity contribution in [3.8, 4) is 0 Å². The summed E-state index contributed by atoms with van der Waals surface area (Å²) in [7, 11) is 0. The molecular formula is C75H122N4O14S4. The van der Waals surface area contributed by atoms with Crippen molar-refractivity contribution in [2.45, 2.75) is 268 Å². The summed E-state index contributed by atoms with van der Waals surface area (Å²) in [6.45, 7) is 48.4. The second-order valence-corrected chi connectivity index (χ2v) is 37.3. The number of amides is 2. The van der Waals surface area contributed by atoms with E-state index in [1.165, 1.54) is 29.8 Å². The average molecular weight is 1430 g/mol. The molecule has 18 nitrogen and oxygen atoms in total. The minimum Gasteiger partial charge on any atom is -0.480 e. The van der Waals surface area contributed by atoms with Crippen LogP contribution in [0.2, 0.25) is 0 Å². The number of aromatic nitrogens is 1. The number of carbonyl (C=O) groups is 8. The minimum absolute atomic E-state index is 0.00248. The van der Waals surface area contributed by atoms with Gasteiger partial charge in [-0.15, -0.1) is 47.0 Å². The van der Waals surface area contributed by atoms with Crippen LogP contribution in [-0.2, 0) is 52.5 Å². The van der Waals surface area contributed by atoms with Crippen molar-refractivity contribution in [3.05, 3.63) is 33.7 Å². The first-order valence-electron chi connectivity index (χ1n) is 35.5. The van der Waals surface area contributed by atoms with Gasteiger partial charge in [0.15, 0.2) is 0 Å². The maximum atomic E-state index is 15.9. The Labute approximate surface area is 598 Å². The fourth-order valence-electron chi connectivity index (χ4n) is 14.5. The number of thioether (sulfide) groups is 4. The van der Waals surface area contributed by atoms with Crippen molar-refractivity contribution in [2.75, 3.05) is 42.0 Å². The van der Waals surface area contributed by atoms with Gasteiger partial charge in [0.25, 0.3) is 0 Å². The maximum Gasteiger partial charge on any atom is 0.342 e. The molecule has 0 bridgehead atoms. The van der Waals surface area contributed by atoms with Crippen molar-refractivity contribution in [3.63, 3.8) is 0 Å². The number of aromatic amines is 1. The number of carboxylic acid groups (broad SMARTS) is 2. The lowest BCUT2D eigenvalue weighted by Crippen LogP contribution is -2.50. The molecule has 6 atom stereocenters. The van der Waals surface area contributed by atoms with E-state index < -0.39 is 73.9 Å². The molecule has 0 radical (unpaired) electrons. The number of allylic oxidation sites excluding steroid dienone is 1. The summed E-state index contributed by atoms with van der Waals surface area (Å²) in [5, 5.41) is 23.2. The van der Waals surface area contributed by atoms with Gasteiger partial charge in [0.2, 0.25) is 11.8 Å². The van der Waals surface area contributed by atoms with Crippen LogP contribution in [0.1, 0.15) is 257 Å². The van der Waals surface area contributed by atoms with Crippen LogP contribution < -0.4 is 10.6 Å². The summed E-state index contributed by atoms with van der Waals surface area (Å²) in [4.78, 5) is 120. The largest absolute Gasteiger partial charge is 0.480 e. The number of esters is 4. The van der Waals surface area contributed by atoms with Gasteiger partial charge in [0.1, 0.15) is 58.7 Å². The highest BCUT2D eigenvalue weighted by Gasteiger charge is 2.52. The molecular weight excluding hydrogens is 1310 g/mol. The number of carboxylic acids is 2. The van der Waals surface area contributed by atoms with Crippen molar-refractivity contribution >= 4 is 112 Å². The summed E-state index contributed by atoms with van der Waals surface area (Å²) < 4.78 is 23.0. The summed E-state index contributed by atoms with van der Waals surface area (Å²) in [6.07, 6.45) is 8.08. The molecule has 1 aromatic heterocycles. The Morgan fingerprint density at radius 1 is 0.588 bits per heavy atom. The van der Waals surface area contributed by atoms with Crippen LogP contribution in [0.3, 0.4) is 0 Å². The van der Waals surface area contributed by atoms with Crippen LogP contribution in [0.5, 0.6) is 0 Å². The molecule has 4 rings (SSSR count). The average Bonchev–Trinajstić information content (AvgIpc) is 1.72. The number of ether oxygens (including phenoxy) is 4. The normalized spacial score (nSPS) is 22.5. The third kappa shape index (κ3) is 22.1. The van der Waals surface area contributed by atoms with E-state index >= 15 is 19.2 Å². The van der Waals surface area contributed by atoms with E-state index in [1.54, 1.807) is 6.08 Å². The molecule has 3 aliphatic rings. The molecule has 2 aliphatic carbocycles. The molecule has 0 saturated heterocycles. The number of H-pyrrole nitrogens is 1. The lowest BCUT2D eigenvalue weighted by molar-refractivity contribution is -0.164. The predicted octanol–water partition coefficient (Wildman–Crippen LogP) is 16.7. The zero-order valence-corrected chi connectivity index (χ0v) is 66.5. The van der Waals surface area contributed by atoms with E-state index in [-0.39, 0.29) is 117 Å². The molecule has 1 aliphatic heterocycles. The van der Waals surface area contributed by atoms with Crippen LogP contribution in [0.15, 0.2) is 21.8 Å². The van der Waals surface area contributed by atoms with Gasteiger partial charge >= 0.3 is 35.8 Å². The molecule has 2 heterocycles. The first-order valence-corrected chi connectivity index (χ1v) is 39.8. The summed E-state index contributed by atoms with van der Waals surface area (Å²) in [6, 6.07) is 0. The van der Waals surface area contributed by atoms with Gasteiger partial charge in [0.05, 0.1) is 21.6 Å². The molecule has 2 amide bonds. The van der Waals surface area contributed by atoms with Gasteiger partial charge in [0, 0.05) is 53.0 Å². The Balaban J connectivity index is 2.00. The van der Waals surface area contributed by atoms with Crippen LogP contribution in [0, 0.1) is 63.1 Å². The van der Waals surface area contributed by atoms with Crippen molar-refractivity contribution in [1.29, 1.82) is 0 Å². The second-order valence-electron chi connectivity index (χ2n) is 32.1. The van der Waals surface area contributed by atoms with Crippen molar-refractivity contribution in [1.82, 2.24) is 10.3 Å². The van der Waals surface area contributed by atoms with E-state index in [0.717, 1.165) is 49.2 Å². The monoisotopic (exact) mass is 1430 g/mol. The van der Waals surface area contributed by atoms with Gasteiger partial charge in [-0.25, -0.2) is 14.6 Å². The number of nitrogens with one attached hydrogen (secondary N) is 3. The SMILES string of the molecule is CCCC(=O)OCCSC(CC)(CC)C(=O)Nc1[nH]c(C=C2N=C(NC(=O)C(CC)(CC)SCCOC(=O)CCSC(C(=O)O)C(SC)C(=O)O)C(C(=O)OC3C(C(C)(C)C)CC(C)CC3C(C)(C)C)=C2C(C)C)c(C(C)C)c1C(=O)OC1C(C(C)(C)C)CC(C)CC1C(C)(C)C. The highest BCUT2D eigenvalue weighted by molar-refractivity contribution is 8.04. The number of amidine groups is 1. The van der Waals surface area contributed by atoms with E-state index in [4.69, 9.17) is 23.9 Å². The number of hydrogen-bond acceptors (Lipinski definition) is 17. The van der Waals surface area contributed by atoms with E-state index in [9.17, 15) is 29.4 Å². The van der Waals surface area contributed by atoms with Crippen LogP contribution in [0.4, 0.5) is 5.82 Å². The lowest BCUT2D eigenvalue weighted by Gasteiger charge is -2.50. The second kappa shape index (κ2) is 36.0. The van der Waals surface area contributed by atoms with Crippen LogP contribution in [0.25, 0.3) is 6.08 Å². The van der Waals surface area contributed by atoms with Gasteiger partial charge < -0.3 is 44.8 Å². The number of hydrogen-bond donors (Lipinski definition) is 5. The Hall–Kier alpha value is -4.41. The molecule has 550 valence electrons. The maximum absolute atomic E-state index is 15.9. The topological polar surface area (TPSA) is 266 Å². The van der Waals surface area contributed by atoms with Crippen molar-refractivity contribution in [2.24, 2.45) is 68.1 Å². The molecule has 22 heteroatoms. The smallest absolute Gasteiger partial charge is 0.342 e. The zero-order valence-electron chi connectivity index (χ0n) is 63.2. The number of nitrogens with zero attached hydrogens (tertiary/aromatic N) is 1. The zero-order chi connectivity index (χ0) is 73.7. The fraction of sp³-hybridized carbons (Fsp3) is 0.773. The quantitative estimate of drug-likeness (QED) is 0.0255. The fourth-order valence-corrected chi connectivity index (χ4v) is 18.9. The molecule has 0 aromatic carbocycles. The summed E-state index contributed by atoms with van der Waals surface area (Å²) >= 11 is 4.48. The van der Waals surface area contributed by atoms with E-state index in [0.29, 0.717) is 78.6 Å². The van der Waals surface area contributed by atoms with E-state index in [2.05, 4.69) is 113 Å². The highest BCUT2D eigenvalue weighted by atomic mass is 32.2. The number of rotatable bonds is 32. The Kier molecular flexibility index (Phi) is 31.5. The standard InChI is InChI=1S/C75H122N4O14S4/c1-25-30-52(80)90-32-35-96-74(26-2,27-3)68(88)78-62-56(66(86)92-58-46(70(12,13)14)37-44(10)38-47(58)71(15,16)17)54(42(6)7)50(76-62)41-51-55(43(8)9)57(67(87)93-59-48(72(18,19)20)39-45(11)40-49(59)73(21,22)23)63(77-51)79-69(89)75(28-4,29-5)97-36-33-91-53(81)31-34-95-61(65(84)85)60(94-24)64(82)83/h41-49,58-61,76H,25-40H2,1-24H3,(H,78,88)(H,82,83)(H,84,85)(H,77,79,89). The first kappa shape index (κ1) is 85.0. The van der Waals surface area contributed by atoms with Crippen LogP contribution in [-0.4, -0.2) is 138 Å². The molecule has 2 saturated carbocycles. The first-order chi connectivity index (χ1) is 44.9. The van der Waals surface area contributed by atoms with Gasteiger partial charge in [-0.3, -0.25) is 28.8 Å². The molecule has 5 N–H and O–H groups in total. The number of aliphatic carboxylic acids is 2. The Morgan fingerprint density at radius 3 is 1.37 bits per heavy atom. The third-order valence-corrected chi connectivity index (χ3v) is 26.0. The molecule has 1 aromatic rings. The minimum atomic E-state index is -1.29. The lowest BCUT2D eigenvalue weighted by atomic mass is 9.59. The van der Waals surface area contributed by atoms with E-state index in [1.807, 2.05) is 62.3 Å². The Bertz CT molecular complexity index is 2960. The molecule has 97 heavy (non-hydrogen) atoms. The van der Waals surface area contributed by atoms with Gasteiger partial charge in [-0.05, 0) is 127 Å². The highest BCUT2D eigenvalue weighted by Crippen LogP contribution is 2.53. The summed E-state index contributed by atoms with van der Waals surface area (Å²) in [5.41, 5.74) is 1.15. The number of aliphatic imine (C=N–C) groups is 1. The Morgan fingerprint density at radius 2 is 1.00 bits per heavy atom. The third-order valence-electron chi connectivity index (χ3n) is 20.2. The molecule has 6 unspecified atom stereocenters. The van der Waals surface area contributed by atoms with Crippen LogP contribution >= 0.6 is 47.0 Å².